The molecule has 0 fully saturated rings. The van der Waals surface area contributed by atoms with E-state index in [1.807, 2.05) is 37.3 Å². The van der Waals surface area contributed by atoms with Crippen LogP contribution in [0.25, 0.3) is 0 Å². The maximum absolute atomic E-state index is 12.4. The molecule has 0 unspecified atom stereocenters. The van der Waals surface area contributed by atoms with Crippen LogP contribution in [0.15, 0.2) is 65.3 Å². The molecule has 3 aromatic rings. The Hall–Kier alpha value is -3.94. The van der Waals surface area contributed by atoms with Gasteiger partial charge in [-0.1, -0.05) is 25.1 Å². The fraction of sp³-hybridized carbons (Fsp3) is 0.217. The molecule has 3 rings (SSSR count). The summed E-state index contributed by atoms with van der Waals surface area (Å²) in [6.07, 6.45) is 2.24. The number of hydrogen-bond donors (Lipinski definition) is 2. The number of benzene rings is 2. The zero-order chi connectivity index (χ0) is 22.1. The summed E-state index contributed by atoms with van der Waals surface area (Å²) in [6.45, 7) is 2.68. The van der Waals surface area contributed by atoms with E-state index in [4.69, 9.17) is 18.6 Å². The van der Waals surface area contributed by atoms with E-state index in [1.165, 1.54) is 13.4 Å². The summed E-state index contributed by atoms with van der Waals surface area (Å²) in [6, 6.07) is 15.6. The van der Waals surface area contributed by atoms with E-state index in [0.29, 0.717) is 35.0 Å². The summed E-state index contributed by atoms with van der Waals surface area (Å²) >= 11 is 0. The average molecular weight is 424 g/mol. The number of amides is 2. The first kappa shape index (κ1) is 21.8. The lowest BCUT2D eigenvalue weighted by atomic mass is 10.2. The number of carbonyl (C=O) groups excluding carboxylic acids is 2. The van der Waals surface area contributed by atoms with Crippen LogP contribution in [0.5, 0.6) is 17.2 Å². The molecule has 2 aromatic carbocycles. The molecule has 8 heteroatoms. The van der Waals surface area contributed by atoms with Crippen LogP contribution in [-0.2, 0) is 6.61 Å². The number of ether oxygens (including phenoxy) is 3. The minimum atomic E-state index is -0.597. The molecule has 0 aliphatic carbocycles. The lowest BCUT2D eigenvalue weighted by Gasteiger charge is -2.12. The third-order valence-corrected chi connectivity index (χ3v) is 4.27. The Labute approximate surface area is 180 Å². The van der Waals surface area contributed by atoms with E-state index in [0.717, 1.165) is 6.42 Å². The SMILES string of the molecule is CCCOc1ccc(C(=O)NNC(=O)c2occc2COc2ccccc2)cc1OC. The molecule has 0 bridgehead atoms. The van der Waals surface area contributed by atoms with Gasteiger partial charge < -0.3 is 18.6 Å². The largest absolute Gasteiger partial charge is 0.493 e. The molecule has 0 saturated carbocycles. The Morgan fingerprint density at radius 2 is 1.71 bits per heavy atom. The monoisotopic (exact) mass is 424 g/mol. The fourth-order valence-corrected chi connectivity index (χ4v) is 2.71. The molecular formula is C23H24N2O6. The van der Waals surface area contributed by atoms with Crippen molar-refractivity contribution in [1.82, 2.24) is 10.9 Å². The highest BCUT2D eigenvalue weighted by Gasteiger charge is 2.18. The molecule has 162 valence electrons. The molecule has 2 N–H and O–H groups in total. The van der Waals surface area contributed by atoms with Crippen LogP contribution in [0.1, 0.15) is 39.8 Å². The number of furan rings is 1. The first-order chi connectivity index (χ1) is 15.1. The van der Waals surface area contributed by atoms with Gasteiger partial charge in [0.15, 0.2) is 17.3 Å². The Morgan fingerprint density at radius 3 is 2.45 bits per heavy atom. The van der Waals surface area contributed by atoms with E-state index in [1.54, 1.807) is 24.3 Å². The number of carbonyl (C=O) groups is 2. The van der Waals surface area contributed by atoms with E-state index in [9.17, 15) is 9.59 Å². The van der Waals surface area contributed by atoms with Crippen molar-refractivity contribution in [3.8, 4) is 17.2 Å². The maximum Gasteiger partial charge on any atom is 0.305 e. The van der Waals surface area contributed by atoms with Gasteiger partial charge in [-0.15, -0.1) is 0 Å². The van der Waals surface area contributed by atoms with Crippen LogP contribution in [0.3, 0.4) is 0 Å². The summed E-state index contributed by atoms with van der Waals surface area (Å²) < 4.78 is 21.8. The quantitative estimate of drug-likeness (QED) is 0.508. The van der Waals surface area contributed by atoms with Gasteiger partial charge in [0.05, 0.1) is 20.0 Å². The van der Waals surface area contributed by atoms with Crippen LogP contribution in [0.2, 0.25) is 0 Å². The van der Waals surface area contributed by atoms with E-state index in [2.05, 4.69) is 10.9 Å². The average Bonchev–Trinajstić information content (AvgIpc) is 3.29. The van der Waals surface area contributed by atoms with Crippen molar-refractivity contribution >= 4 is 11.8 Å². The molecule has 0 atom stereocenters. The van der Waals surface area contributed by atoms with Gasteiger partial charge in [0, 0.05) is 11.1 Å². The van der Waals surface area contributed by atoms with E-state index < -0.39 is 11.8 Å². The second-order valence-electron chi connectivity index (χ2n) is 6.50. The maximum atomic E-state index is 12.4. The van der Waals surface area contributed by atoms with Crippen molar-refractivity contribution in [1.29, 1.82) is 0 Å². The zero-order valence-corrected chi connectivity index (χ0v) is 17.3. The van der Waals surface area contributed by atoms with E-state index in [-0.39, 0.29) is 12.4 Å². The minimum absolute atomic E-state index is 0.0529. The number of para-hydroxylation sites is 1. The Morgan fingerprint density at radius 1 is 0.935 bits per heavy atom. The number of rotatable bonds is 9. The third-order valence-electron chi connectivity index (χ3n) is 4.27. The lowest BCUT2D eigenvalue weighted by Crippen LogP contribution is -2.41. The van der Waals surface area contributed by atoms with Crippen molar-refractivity contribution < 1.29 is 28.2 Å². The van der Waals surface area contributed by atoms with Crippen LogP contribution in [0.4, 0.5) is 0 Å². The second-order valence-corrected chi connectivity index (χ2v) is 6.50. The van der Waals surface area contributed by atoms with Crippen molar-refractivity contribution in [3.63, 3.8) is 0 Å². The molecule has 1 heterocycles. The number of hydrazine groups is 1. The third kappa shape index (κ3) is 5.79. The van der Waals surface area contributed by atoms with Crippen molar-refractivity contribution in [2.75, 3.05) is 13.7 Å². The van der Waals surface area contributed by atoms with Gasteiger partial charge in [-0.2, -0.15) is 0 Å². The summed E-state index contributed by atoms with van der Waals surface area (Å²) in [5.74, 6) is 0.588. The number of hydrogen-bond acceptors (Lipinski definition) is 6. The molecule has 1 aromatic heterocycles. The van der Waals surface area contributed by atoms with Gasteiger partial charge in [-0.3, -0.25) is 20.4 Å². The Bertz CT molecular complexity index is 1020. The van der Waals surface area contributed by atoms with Crippen molar-refractivity contribution in [3.05, 3.63) is 77.7 Å². The number of nitrogens with one attached hydrogen (secondary N) is 2. The summed E-state index contributed by atoms with van der Waals surface area (Å²) in [5.41, 5.74) is 5.56. The molecule has 0 aliphatic rings. The number of methoxy groups -OCH3 is 1. The molecular weight excluding hydrogens is 400 g/mol. The second kappa shape index (κ2) is 10.7. The first-order valence-corrected chi connectivity index (χ1v) is 9.78. The highest BCUT2D eigenvalue weighted by molar-refractivity contribution is 5.98. The molecule has 0 saturated heterocycles. The summed E-state index contributed by atoms with van der Waals surface area (Å²) in [4.78, 5) is 24.9. The Kier molecular flexibility index (Phi) is 7.53. The predicted molar refractivity (Wildman–Crippen MR) is 113 cm³/mol. The van der Waals surface area contributed by atoms with Crippen LogP contribution in [-0.4, -0.2) is 25.5 Å². The lowest BCUT2D eigenvalue weighted by molar-refractivity contribution is 0.0828. The topological polar surface area (TPSA) is 99.0 Å². The fourth-order valence-electron chi connectivity index (χ4n) is 2.71. The standard InChI is InChI=1S/C23H24N2O6/c1-3-12-29-19-10-9-16(14-20(19)28-2)22(26)24-25-23(27)21-17(11-13-30-21)15-31-18-7-5-4-6-8-18/h4-11,13-14H,3,12,15H2,1-2H3,(H,24,26)(H,25,27). The van der Waals surface area contributed by atoms with Gasteiger partial charge in [0.1, 0.15) is 12.4 Å². The zero-order valence-electron chi connectivity index (χ0n) is 17.3. The summed E-state index contributed by atoms with van der Waals surface area (Å²) in [7, 11) is 1.49. The highest BCUT2D eigenvalue weighted by atomic mass is 16.5. The first-order valence-electron chi connectivity index (χ1n) is 9.78. The summed E-state index contributed by atoms with van der Waals surface area (Å²) in [5, 5.41) is 0. The van der Waals surface area contributed by atoms with Crippen molar-refractivity contribution in [2.45, 2.75) is 20.0 Å². The Balaban J connectivity index is 1.58. The van der Waals surface area contributed by atoms with Gasteiger partial charge >= 0.3 is 5.91 Å². The molecule has 0 aliphatic heterocycles. The predicted octanol–water partition coefficient (Wildman–Crippen LogP) is 3.73. The molecule has 31 heavy (non-hydrogen) atoms. The molecule has 0 spiro atoms. The normalized spacial score (nSPS) is 10.3. The minimum Gasteiger partial charge on any atom is -0.493 e. The molecule has 8 nitrogen and oxygen atoms in total. The van der Waals surface area contributed by atoms with Gasteiger partial charge in [0.25, 0.3) is 5.91 Å². The molecule has 0 radical (unpaired) electrons. The van der Waals surface area contributed by atoms with Crippen LogP contribution < -0.4 is 25.1 Å². The van der Waals surface area contributed by atoms with Crippen molar-refractivity contribution in [2.24, 2.45) is 0 Å². The van der Waals surface area contributed by atoms with Crippen LogP contribution in [0, 0.1) is 0 Å². The van der Waals surface area contributed by atoms with Gasteiger partial charge in [-0.05, 0) is 42.8 Å². The van der Waals surface area contributed by atoms with Gasteiger partial charge in [0.2, 0.25) is 0 Å². The van der Waals surface area contributed by atoms with Gasteiger partial charge in [-0.25, -0.2) is 0 Å². The van der Waals surface area contributed by atoms with E-state index >= 15 is 0 Å². The smallest absolute Gasteiger partial charge is 0.305 e. The van der Waals surface area contributed by atoms with Crippen LogP contribution >= 0.6 is 0 Å². The molecule has 2 amide bonds. The highest BCUT2D eigenvalue weighted by Crippen LogP contribution is 2.28.